The number of aromatic nitrogens is 1. The molecule has 4 nitrogen and oxygen atoms in total. The number of carbonyl (C=O) groups is 1. The first-order valence-corrected chi connectivity index (χ1v) is 7.28. The maximum Gasteiger partial charge on any atom is 0.254 e. The van der Waals surface area contributed by atoms with Crippen LogP contribution in [0.2, 0.25) is 0 Å². The number of rotatable bonds is 5. The largest absolute Gasteiger partial charge is 0.363 e. The molecular formula is C17H17FN2O2. The first kappa shape index (κ1) is 14.7. The van der Waals surface area contributed by atoms with Crippen molar-refractivity contribution in [3.63, 3.8) is 0 Å². The number of hydrogen-bond acceptors (Lipinski definition) is 3. The van der Waals surface area contributed by atoms with E-state index in [9.17, 15) is 9.18 Å². The molecule has 0 aliphatic carbocycles. The maximum absolute atomic E-state index is 13.2. The molecule has 1 aromatic carbocycles. The Labute approximate surface area is 128 Å². The molecule has 0 spiro atoms. The molecule has 2 unspecified atom stereocenters. The Morgan fingerprint density at radius 1 is 1.36 bits per heavy atom. The average molecular weight is 300 g/mol. The van der Waals surface area contributed by atoms with Crippen molar-refractivity contribution in [3.05, 3.63) is 65.7 Å². The van der Waals surface area contributed by atoms with E-state index >= 15 is 0 Å². The smallest absolute Gasteiger partial charge is 0.254 e. The van der Waals surface area contributed by atoms with Crippen molar-refractivity contribution in [2.75, 3.05) is 13.2 Å². The summed E-state index contributed by atoms with van der Waals surface area (Å²) in [5.41, 5.74) is 1.75. The second-order valence-electron chi connectivity index (χ2n) is 5.19. The zero-order valence-electron chi connectivity index (χ0n) is 12.3. The third kappa shape index (κ3) is 2.99. The third-order valence-corrected chi connectivity index (χ3v) is 3.73. The Hall–Kier alpha value is -2.27. The number of hydrogen-bond donors (Lipinski definition) is 0. The lowest BCUT2D eigenvalue weighted by Gasteiger charge is -2.31. The lowest BCUT2D eigenvalue weighted by molar-refractivity contribution is -0.134. The number of amides is 1. The van der Waals surface area contributed by atoms with Crippen LogP contribution in [0.25, 0.3) is 0 Å². The van der Waals surface area contributed by atoms with Gasteiger partial charge in [-0.05, 0) is 36.2 Å². The van der Waals surface area contributed by atoms with Crippen LogP contribution in [0, 0.1) is 5.82 Å². The average Bonchev–Trinajstić information content (AvgIpc) is 3.39. The van der Waals surface area contributed by atoms with Crippen molar-refractivity contribution in [3.8, 4) is 0 Å². The van der Waals surface area contributed by atoms with E-state index in [1.54, 1.807) is 29.4 Å². The summed E-state index contributed by atoms with van der Waals surface area (Å²) in [6.45, 7) is 2.93. The highest BCUT2D eigenvalue weighted by atomic mass is 19.1. The van der Waals surface area contributed by atoms with E-state index in [2.05, 4.69) is 4.98 Å². The minimum atomic E-state index is -0.348. The van der Waals surface area contributed by atoms with Crippen LogP contribution in [0.4, 0.5) is 4.39 Å². The van der Waals surface area contributed by atoms with Gasteiger partial charge in [0.2, 0.25) is 0 Å². The lowest BCUT2D eigenvalue weighted by atomic mass is 9.98. The summed E-state index contributed by atoms with van der Waals surface area (Å²) < 4.78 is 18.3. The Morgan fingerprint density at radius 2 is 2.09 bits per heavy atom. The molecule has 0 bridgehead atoms. The van der Waals surface area contributed by atoms with Crippen LogP contribution in [-0.4, -0.2) is 35.0 Å². The number of nitrogens with zero attached hydrogens (tertiary/aromatic N) is 2. The van der Waals surface area contributed by atoms with E-state index in [-0.39, 0.29) is 23.9 Å². The number of epoxide rings is 1. The molecule has 114 valence electrons. The quantitative estimate of drug-likeness (QED) is 0.797. The first-order valence-electron chi connectivity index (χ1n) is 7.28. The molecule has 1 fully saturated rings. The van der Waals surface area contributed by atoms with E-state index in [4.69, 9.17) is 4.74 Å². The molecule has 2 heterocycles. The second-order valence-corrected chi connectivity index (χ2v) is 5.19. The van der Waals surface area contributed by atoms with Gasteiger partial charge >= 0.3 is 0 Å². The highest BCUT2D eigenvalue weighted by molar-refractivity contribution is 5.83. The van der Waals surface area contributed by atoms with Crippen LogP contribution < -0.4 is 0 Å². The first-order chi connectivity index (χ1) is 10.7. The molecule has 3 rings (SSSR count). The Bertz CT molecular complexity index is 641. The minimum Gasteiger partial charge on any atom is -0.363 e. The Kier molecular flexibility index (Phi) is 4.15. The van der Waals surface area contributed by atoms with Crippen LogP contribution >= 0.6 is 0 Å². The molecule has 5 heteroatoms. The van der Waals surface area contributed by atoms with Gasteiger partial charge in [0.15, 0.2) is 6.10 Å². The maximum atomic E-state index is 13.2. The molecule has 1 amide bonds. The van der Waals surface area contributed by atoms with Crippen LogP contribution in [0.3, 0.4) is 0 Å². The molecule has 0 radical (unpaired) electrons. The molecule has 0 saturated carbocycles. The van der Waals surface area contributed by atoms with Gasteiger partial charge in [-0.3, -0.25) is 9.78 Å². The molecule has 1 aliphatic rings. The predicted molar refractivity (Wildman–Crippen MR) is 79.6 cm³/mol. The minimum absolute atomic E-state index is 0.0410. The highest BCUT2D eigenvalue weighted by Crippen LogP contribution is 2.30. The summed E-state index contributed by atoms with van der Waals surface area (Å²) in [5.74, 6) is -0.339. The second kappa shape index (κ2) is 6.23. The molecular weight excluding hydrogens is 283 g/mol. The van der Waals surface area contributed by atoms with E-state index in [0.717, 1.165) is 11.1 Å². The number of likely N-dealkylation sites (N-methyl/N-ethyl adjacent to an activating group) is 1. The van der Waals surface area contributed by atoms with Gasteiger partial charge in [-0.1, -0.05) is 18.2 Å². The molecule has 0 N–H and O–H groups in total. The standard InChI is InChI=1S/C17H17FN2O2/c1-2-20(17(21)15-11-22-15)16(13-4-3-9-19-10-13)12-5-7-14(18)8-6-12/h3-10,15-16H,2,11H2,1H3. The van der Waals surface area contributed by atoms with Crippen LogP contribution in [0.15, 0.2) is 48.8 Å². The van der Waals surface area contributed by atoms with Gasteiger partial charge in [0.1, 0.15) is 5.82 Å². The van der Waals surface area contributed by atoms with Gasteiger partial charge in [-0.15, -0.1) is 0 Å². The zero-order chi connectivity index (χ0) is 15.5. The fourth-order valence-electron chi connectivity index (χ4n) is 2.58. The van der Waals surface area contributed by atoms with Crippen molar-refractivity contribution in [2.24, 2.45) is 0 Å². The highest BCUT2D eigenvalue weighted by Gasteiger charge is 2.38. The van der Waals surface area contributed by atoms with Gasteiger partial charge in [0, 0.05) is 18.9 Å². The van der Waals surface area contributed by atoms with Gasteiger partial charge in [-0.2, -0.15) is 0 Å². The van der Waals surface area contributed by atoms with Gasteiger partial charge in [0.05, 0.1) is 12.6 Å². The summed E-state index contributed by atoms with van der Waals surface area (Å²) in [4.78, 5) is 18.4. The van der Waals surface area contributed by atoms with Crippen molar-refractivity contribution >= 4 is 5.91 Å². The van der Waals surface area contributed by atoms with Gasteiger partial charge in [0.25, 0.3) is 5.91 Å². The van der Waals surface area contributed by atoms with Crippen LogP contribution in [0.1, 0.15) is 24.1 Å². The topological polar surface area (TPSA) is 45.7 Å². The van der Waals surface area contributed by atoms with E-state index < -0.39 is 0 Å². The summed E-state index contributed by atoms with van der Waals surface area (Å²) in [5, 5.41) is 0. The van der Waals surface area contributed by atoms with Gasteiger partial charge < -0.3 is 9.64 Å². The molecule has 1 aromatic heterocycles. The van der Waals surface area contributed by atoms with Crippen molar-refractivity contribution in [1.29, 1.82) is 0 Å². The molecule has 1 aliphatic heterocycles. The van der Waals surface area contributed by atoms with Crippen molar-refractivity contribution in [1.82, 2.24) is 9.88 Å². The fourth-order valence-corrected chi connectivity index (χ4v) is 2.58. The van der Waals surface area contributed by atoms with Crippen LogP contribution in [-0.2, 0) is 9.53 Å². The number of halogens is 1. The van der Waals surface area contributed by atoms with Crippen LogP contribution in [0.5, 0.6) is 0 Å². The summed E-state index contributed by atoms with van der Waals surface area (Å²) >= 11 is 0. The normalized spacial score (nSPS) is 17.8. The molecule has 1 saturated heterocycles. The predicted octanol–water partition coefficient (Wildman–Crippen LogP) is 2.56. The summed E-state index contributed by atoms with van der Waals surface area (Å²) in [7, 11) is 0. The van der Waals surface area contributed by atoms with E-state index in [1.807, 2.05) is 19.1 Å². The number of carbonyl (C=O) groups excluding carboxylic acids is 1. The zero-order valence-corrected chi connectivity index (χ0v) is 12.3. The van der Waals surface area contributed by atoms with E-state index in [0.29, 0.717) is 13.2 Å². The fraction of sp³-hybridized carbons (Fsp3) is 0.294. The Balaban J connectivity index is 2.01. The van der Waals surface area contributed by atoms with Crippen molar-refractivity contribution < 1.29 is 13.9 Å². The van der Waals surface area contributed by atoms with Crippen molar-refractivity contribution in [2.45, 2.75) is 19.1 Å². The summed E-state index contributed by atoms with van der Waals surface area (Å²) in [6, 6.07) is 9.68. The number of ether oxygens (including phenoxy) is 1. The monoisotopic (exact) mass is 300 g/mol. The molecule has 2 aromatic rings. The molecule has 2 atom stereocenters. The molecule has 22 heavy (non-hydrogen) atoms. The number of pyridine rings is 1. The number of benzene rings is 1. The Morgan fingerprint density at radius 3 is 2.64 bits per heavy atom. The SMILES string of the molecule is CCN(C(=O)C1CO1)C(c1ccc(F)cc1)c1cccnc1. The lowest BCUT2D eigenvalue weighted by Crippen LogP contribution is -2.38. The third-order valence-electron chi connectivity index (χ3n) is 3.73. The van der Waals surface area contributed by atoms with Gasteiger partial charge in [-0.25, -0.2) is 4.39 Å². The summed E-state index contributed by atoms with van der Waals surface area (Å²) in [6.07, 6.45) is 3.07. The van der Waals surface area contributed by atoms with E-state index in [1.165, 1.54) is 12.1 Å².